The van der Waals surface area contributed by atoms with E-state index in [1.165, 1.54) is 22.5 Å². The van der Waals surface area contributed by atoms with Crippen molar-refractivity contribution < 1.29 is 27.5 Å². The Morgan fingerprint density at radius 2 is 1.73 bits per heavy atom. The quantitative estimate of drug-likeness (QED) is 0.617. The number of hydrogen-bond donors (Lipinski definition) is 1. The van der Waals surface area contributed by atoms with Gasteiger partial charge in [0.2, 0.25) is 10.0 Å². The molecule has 0 bridgehead atoms. The zero-order chi connectivity index (χ0) is 24.2. The summed E-state index contributed by atoms with van der Waals surface area (Å²) >= 11 is 6.14. The lowest BCUT2D eigenvalue weighted by Gasteiger charge is -2.26. The second-order valence-corrected chi connectivity index (χ2v) is 11.0. The summed E-state index contributed by atoms with van der Waals surface area (Å²) in [5.74, 6) is -1.28. The summed E-state index contributed by atoms with van der Waals surface area (Å²) in [6.07, 6.45) is 0. The van der Waals surface area contributed by atoms with E-state index < -0.39 is 28.5 Å². The van der Waals surface area contributed by atoms with Crippen LogP contribution in [-0.4, -0.2) is 57.5 Å². The molecule has 0 aliphatic carbocycles. The van der Waals surface area contributed by atoms with Crippen molar-refractivity contribution in [2.45, 2.75) is 31.1 Å². The van der Waals surface area contributed by atoms with Crippen molar-refractivity contribution in [2.24, 2.45) is 0 Å². The number of rotatable bonds is 6. The van der Waals surface area contributed by atoms with Crippen LogP contribution in [0.4, 0.5) is 5.69 Å². The molecule has 1 saturated heterocycles. The third-order valence-electron chi connectivity index (χ3n) is 5.14. The highest BCUT2D eigenvalue weighted by Crippen LogP contribution is 2.27. The fourth-order valence-corrected chi connectivity index (χ4v) is 4.80. The molecule has 1 fully saturated rings. The van der Waals surface area contributed by atoms with E-state index >= 15 is 0 Å². The van der Waals surface area contributed by atoms with Crippen LogP contribution in [0.3, 0.4) is 0 Å². The summed E-state index contributed by atoms with van der Waals surface area (Å²) in [4.78, 5) is 24.6. The number of carbonyl (C=O) groups is 2. The molecule has 2 aromatic rings. The first-order valence-corrected chi connectivity index (χ1v) is 12.3. The summed E-state index contributed by atoms with van der Waals surface area (Å²) < 4.78 is 37.3. The molecular formula is C23H27ClN2O6S. The maximum absolute atomic E-state index is 12.8. The van der Waals surface area contributed by atoms with Crippen LogP contribution in [0.15, 0.2) is 47.4 Å². The van der Waals surface area contributed by atoms with Crippen LogP contribution >= 0.6 is 11.6 Å². The van der Waals surface area contributed by atoms with Crippen molar-refractivity contribution >= 4 is 39.2 Å². The van der Waals surface area contributed by atoms with E-state index in [0.29, 0.717) is 18.8 Å². The molecule has 0 atom stereocenters. The van der Waals surface area contributed by atoms with Gasteiger partial charge in [-0.2, -0.15) is 4.31 Å². The van der Waals surface area contributed by atoms with Gasteiger partial charge in [-0.3, -0.25) is 4.79 Å². The van der Waals surface area contributed by atoms with E-state index in [4.69, 9.17) is 21.1 Å². The van der Waals surface area contributed by atoms with Crippen LogP contribution in [0.5, 0.6) is 0 Å². The number of nitrogens with one attached hydrogen (secondary N) is 1. The number of amides is 1. The first-order chi connectivity index (χ1) is 15.5. The average molecular weight is 495 g/mol. The molecule has 1 amide bonds. The molecule has 1 heterocycles. The van der Waals surface area contributed by atoms with Crippen LogP contribution in [-0.2, 0) is 29.7 Å². The van der Waals surface area contributed by atoms with Gasteiger partial charge >= 0.3 is 5.97 Å². The molecule has 1 aliphatic heterocycles. The fourth-order valence-electron chi connectivity index (χ4n) is 3.20. The maximum atomic E-state index is 12.8. The van der Waals surface area contributed by atoms with Gasteiger partial charge in [-0.1, -0.05) is 44.5 Å². The Labute approximate surface area is 198 Å². The molecule has 2 aromatic carbocycles. The summed E-state index contributed by atoms with van der Waals surface area (Å²) in [6, 6.07) is 11.1. The Balaban J connectivity index is 1.63. The Bertz CT molecular complexity index is 1120. The van der Waals surface area contributed by atoms with Gasteiger partial charge in [-0.15, -0.1) is 0 Å². The summed E-state index contributed by atoms with van der Waals surface area (Å²) in [5, 5.41) is 2.67. The number of morpholine rings is 1. The summed E-state index contributed by atoms with van der Waals surface area (Å²) in [7, 11) is -3.75. The minimum absolute atomic E-state index is 0.0000304. The smallest absolute Gasteiger partial charge is 0.338 e. The molecule has 33 heavy (non-hydrogen) atoms. The van der Waals surface area contributed by atoms with Gasteiger partial charge in [0.1, 0.15) is 0 Å². The van der Waals surface area contributed by atoms with Crippen molar-refractivity contribution in [2.75, 3.05) is 38.2 Å². The van der Waals surface area contributed by atoms with E-state index in [0.717, 1.165) is 5.56 Å². The van der Waals surface area contributed by atoms with E-state index in [-0.39, 0.29) is 34.1 Å². The highest BCUT2D eigenvalue weighted by atomic mass is 35.5. The molecule has 0 spiro atoms. The number of hydrogen-bond acceptors (Lipinski definition) is 6. The molecule has 0 radical (unpaired) electrons. The van der Waals surface area contributed by atoms with Gasteiger partial charge in [0.25, 0.3) is 5.91 Å². The van der Waals surface area contributed by atoms with Crippen molar-refractivity contribution in [1.82, 2.24) is 4.31 Å². The first kappa shape index (κ1) is 25.2. The highest BCUT2D eigenvalue weighted by Gasteiger charge is 2.27. The molecule has 3 rings (SSSR count). The molecule has 0 unspecified atom stereocenters. The zero-order valence-corrected chi connectivity index (χ0v) is 20.3. The Hall–Kier alpha value is -2.46. The summed E-state index contributed by atoms with van der Waals surface area (Å²) in [6.45, 7) is 6.79. The van der Waals surface area contributed by atoms with Crippen molar-refractivity contribution in [3.63, 3.8) is 0 Å². The van der Waals surface area contributed by atoms with Crippen molar-refractivity contribution in [1.29, 1.82) is 0 Å². The first-order valence-electron chi connectivity index (χ1n) is 10.4. The normalized spacial score (nSPS) is 15.2. The minimum Gasteiger partial charge on any atom is -0.452 e. The van der Waals surface area contributed by atoms with E-state index in [2.05, 4.69) is 26.1 Å². The van der Waals surface area contributed by atoms with Gasteiger partial charge < -0.3 is 14.8 Å². The Morgan fingerprint density at radius 3 is 2.33 bits per heavy atom. The van der Waals surface area contributed by atoms with Crippen molar-refractivity contribution in [3.8, 4) is 0 Å². The Morgan fingerprint density at radius 1 is 1.09 bits per heavy atom. The van der Waals surface area contributed by atoms with Crippen LogP contribution in [0.1, 0.15) is 36.7 Å². The standard InChI is InChI=1S/C23H27ClN2O6S/c1-23(2,3)17-6-4-16(5-7-17)22(28)32-15-21(27)25-20-14-18(8-9-19(20)24)33(29,30)26-10-12-31-13-11-26/h4-9,14H,10-13,15H2,1-3H3,(H,25,27). The lowest BCUT2D eigenvalue weighted by Crippen LogP contribution is -2.40. The number of sulfonamides is 1. The highest BCUT2D eigenvalue weighted by molar-refractivity contribution is 7.89. The number of ether oxygens (including phenoxy) is 2. The third kappa shape index (κ3) is 6.32. The topological polar surface area (TPSA) is 102 Å². The molecule has 1 N–H and O–H groups in total. The lowest BCUT2D eigenvalue weighted by atomic mass is 9.87. The molecule has 8 nitrogen and oxygen atoms in total. The average Bonchev–Trinajstić information content (AvgIpc) is 2.79. The van der Waals surface area contributed by atoms with Gasteiger partial charge in [-0.05, 0) is 41.3 Å². The SMILES string of the molecule is CC(C)(C)c1ccc(C(=O)OCC(=O)Nc2cc(S(=O)(=O)N3CCOCC3)ccc2Cl)cc1. The van der Waals surface area contributed by atoms with Crippen LogP contribution in [0, 0.1) is 0 Å². The van der Waals surface area contributed by atoms with Crippen LogP contribution in [0.2, 0.25) is 5.02 Å². The van der Waals surface area contributed by atoms with E-state index in [1.54, 1.807) is 12.1 Å². The minimum atomic E-state index is -3.75. The van der Waals surface area contributed by atoms with Crippen LogP contribution < -0.4 is 5.32 Å². The van der Waals surface area contributed by atoms with Gasteiger partial charge in [0, 0.05) is 13.1 Å². The maximum Gasteiger partial charge on any atom is 0.338 e. The molecule has 0 saturated carbocycles. The number of nitrogens with zero attached hydrogens (tertiary/aromatic N) is 1. The van der Waals surface area contributed by atoms with Gasteiger partial charge in [-0.25, -0.2) is 13.2 Å². The zero-order valence-electron chi connectivity index (χ0n) is 18.8. The predicted octanol–water partition coefficient (Wildman–Crippen LogP) is 3.45. The van der Waals surface area contributed by atoms with E-state index in [1.807, 2.05) is 12.1 Å². The molecular weight excluding hydrogens is 468 g/mol. The number of anilines is 1. The van der Waals surface area contributed by atoms with Crippen molar-refractivity contribution in [3.05, 3.63) is 58.6 Å². The lowest BCUT2D eigenvalue weighted by molar-refractivity contribution is -0.119. The number of halogens is 1. The second-order valence-electron chi connectivity index (χ2n) is 8.61. The monoisotopic (exact) mass is 494 g/mol. The van der Waals surface area contributed by atoms with Gasteiger partial charge in [0.05, 0.1) is 34.4 Å². The molecule has 0 aromatic heterocycles. The Kier molecular flexibility index (Phi) is 7.79. The van der Waals surface area contributed by atoms with E-state index in [9.17, 15) is 18.0 Å². The second kappa shape index (κ2) is 10.2. The summed E-state index contributed by atoms with van der Waals surface area (Å²) in [5.41, 5.74) is 1.46. The molecule has 10 heteroatoms. The van der Waals surface area contributed by atoms with Gasteiger partial charge in [0.15, 0.2) is 6.61 Å². The van der Waals surface area contributed by atoms with Crippen LogP contribution in [0.25, 0.3) is 0 Å². The number of benzene rings is 2. The largest absolute Gasteiger partial charge is 0.452 e. The number of esters is 1. The fraction of sp³-hybridized carbons (Fsp3) is 0.391. The number of carbonyl (C=O) groups excluding carboxylic acids is 2. The molecule has 178 valence electrons. The molecule has 1 aliphatic rings. The third-order valence-corrected chi connectivity index (χ3v) is 7.36. The predicted molar refractivity (Wildman–Crippen MR) is 125 cm³/mol.